The van der Waals surface area contributed by atoms with Gasteiger partial charge < -0.3 is 15.2 Å². The molecule has 1 heterocycles. The van der Waals surface area contributed by atoms with Crippen molar-refractivity contribution in [2.75, 3.05) is 12.3 Å². The Hall–Kier alpha value is -1.36. The Balaban J connectivity index is 0.00000300. The fourth-order valence-electron chi connectivity index (χ4n) is 3.15. The zero-order valence-electron chi connectivity index (χ0n) is 17.0. The molecule has 0 radical (unpaired) electrons. The number of aryl methyl sites for hydroxylation is 1. The maximum Gasteiger partial charge on any atom is 0.191 e. The van der Waals surface area contributed by atoms with Crippen LogP contribution < -0.4 is 10.6 Å². The molecule has 9 heteroatoms. The van der Waals surface area contributed by atoms with Crippen LogP contribution in [0.3, 0.4) is 0 Å². The van der Waals surface area contributed by atoms with Crippen LogP contribution in [0.4, 0.5) is 4.39 Å². The number of nitrogens with zero attached hydrogens (tertiary/aromatic N) is 4. The first-order valence-corrected chi connectivity index (χ1v) is 10.9. The van der Waals surface area contributed by atoms with Crippen molar-refractivity contribution in [3.8, 4) is 0 Å². The highest BCUT2D eigenvalue weighted by Gasteiger charge is 2.16. The maximum absolute atomic E-state index is 13.0. The average Bonchev–Trinajstić information content (AvgIpc) is 3.31. The van der Waals surface area contributed by atoms with Crippen molar-refractivity contribution in [2.24, 2.45) is 12.0 Å². The minimum atomic E-state index is -0.192. The summed E-state index contributed by atoms with van der Waals surface area (Å²) in [6, 6.07) is 7.16. The van der Waals surface area contributed by atoms with Gasteiger partial charge in [0.1, 0.15) is 18.2 Å². The van der Waals surface area contributed by atoms with E-state index in [9.17, 15) is 4.39 Å². The minimum absolute atomic E-state index is 0. The number of hydrogen-bond donors (Lipinski definition) is 2. The van der Waals surface area contributed by atoms with Crippen molar-refractivity contribution in [3.63, 3.8) is 0 Å². The number of aliphatic imine (C=N–C) groups is 1. The zero-order chi connectivity index (χ0) is 19.8. The lowest BCUT2D eigenvalue weighted by Gasteiger charge is -2.17. The highest BCUT2D eigenvalue weighted by molar-refractivity contribution is 14.0. The number of thioether (sulfide) groups is 1. The fourth-order valence-corrected chi connectivity index (χ4v) is 4.01. The third-order valence-corrected chi connectivity index (χ3v) is 6.05. The molecule has 1 fully saturated rings. The van der Waals surface area contributed by atoms with E-state index in [-0.39, 0.29) is 29.8 Å². The van der Waals surface area contributed by atoms with Gasteiger partial charge in [0.05, 0.1) is 0 Å². The first-order chi connectivity index (χ1) is 13.6. The Kier molecular flexibility index (Phi) is 10.2. The Morgan fingerprint density at radius 2 is 1.97 bits per heavy atom. The lowest BCUT2D eigenvalue weighted by molar-refractivity contribution is 0.609. The summed E-state index contributed by atoms with van der Waals surface area (Å²) in [5.41, 5.74) is 0. The molecule has 2 aromatic rings. The van der Waals surface area contributed by atoms with E-state index in [4.69, 9.17) is 4.99 Å². The van der Waals surface area contributed by atoms with Crippen LogP contribution in [0, 0.1) is 12.7 Å². The Labute approximate surface area is 193 Å². The number of aromatic nitrogens is 3. The second-order valence-electron chi connectivity index (χ2n) is 7.10. The Bertz CT molecular complexity index is 774. The van der Waals surface area contributed by atoms with E-state index in [0.717, 1.165) is 41.2 Å². The first-order valence-electron chi connectivity index (χ1n) is 9.90. The molecule has 1 aliphatic carbocycles. The van der Waals surface area contributed by atoms with E-state index in [1.54, 1.807) is 11.8 Å². The van der Waals surface area contributed by atoms with Crippen molar-refractivity contribution < 1.29 is 4.39 Å². The number of nitrogens with one attached hydrogen (secondary N) is 2. The summed E-state index contributed by atoms with van der Waals surface area (Å²) < 4.78 is 14.9. The van der Waals surface area contributed by atoms with Crippen LogP contribution in [0.1, 0.15) is 43.8 Å². The molecule has 0 spiro atoms. The van der Waals surface area contributed by atoms with Crippen LogP contribution in [0.15, 0.2) is 34.2 Å². The highest BCUT2D eigenvalue weighted by Crippen LogP contribution is 2.19. The lowest BCUT2D eigenvalue weighted by atomic mass is 10.2. The summed E-state index contributed by atoms with van der Waals surface area (Å²) >= 11 is 1.74. The van der Waals surface area contributed by atoms with E-state index in [0.29, 0.717) is 12.6 Å². The summed E-state index contributed by atoms with van der Waals surface area (Å²) in [5, 5.41) is 15.3. The van der Waals surface area contributed by atoms with Crippen molar-refractivity contribution in [1.82, 2.24) is 25.4 Å². The van der Waals surface area contributed by atoms with Crippen molar-refractivity contribution in [1.29, 1.82) is 0 Å². The van der Waals surface area contributed by atoms with Gasteiger partial charge in [-0.05, 0) is 56.2 Å². The maximum atomic E-state index is 13.0. The van der Waals surface area contributed by atoms with Gasteiger partial charge in [-0.3, -0.25) is 0 Å². The number of rotatable bonds is 8. The van der Waals surface area contributed by atoms with Crippen LogP contribution in [0.25, 0.3) is 0 Å². The van der Waals surface area contributed by atoms with Crippen LogP contribution >= 0.6 is 35.7 Å². The molecule has 1 aliphatic rings. The molecule has 6 nitrogen and oxygen atoms in total. The number of hydrogen-bond acceptors (Lipinski definition) is 4. The predicted molar refractivity (Wildman–Crippen MR) is 127 cm³/mol. The molecule has 3 rings (SSSR count). The van der Waals surface area contributed by atoms with E-state index in [1.165, 1.54) is 37.8 Å². The van der Waals surface area contributed by atoms with Crippen molar-refractivity contribution in [2.45, 2.75) is 56.5 Å². The van der Waals surface area contributed by atoms with Crippen LogP contribution in [-0.2, 0) is 13.6 Å². The first kappa shape index (κ1) is 23.9. The number of guanidine groups is 1. The second-order valence-corrected chi connectivity index (χ2v) is 8.26. The largest absolute Gasteiger partial charge is 0.356 e. The monoisotopic (exact) mass is 532 g/mol. The van der Waals surface area contributed by atoms with Crippen molar-refractivity contribution >= 4 is 41.7 Å². The molecule has 1 saturated carbocycles. The predicted octanol–water partition coefficient (Wildman–Crippen LogP) is 4.04. The van der Waals surface area contributed by atoms with E-state index < -0.39 is 0 Å². The molecule has 160 valence electrons. The normalized spacial score (nSPS) is 14.7. The lowest BCUT2D eigenvalue weighted by Crippen LogP contribution is -2.43. The standard InChI is InChI=1S/C20H29FN6S.HI/c1-15-25-26-19(27(15)2)14-23-20(24-17-6-3-4-7-17)22-12-5-13-28-18-10-8-16(21)9-11-18;/h8-11,17H,3-7,12-14H2,1-2H3,(H2,22,23,24);1H. The molecule has 1 aromatic heterocycles. The van der Waals surface area contributed by atoms with Gasteiger partial charge in [-0.25, -0.2) is 9.38 Å². The van der Waals surface area contributed by atoms with E-state index in [1.807, 2.05) is 30.7 Å². The van der Waals surface area contributed by atoms with Gasteiger partial charge in [0, 0.05) is 24.5 Å². The van der Waals surface area contributed by atoms with E-state index in [2.05, 4.69) is 20.8 Å². The Morgan fingerprint density at radius 1 is 1.24 bits per heavy atom. The molecule has 1 aromatic carbocycles. The van der Waals surface area contributed by atoms with Gasteiger partial charge in [0.2, 0.25) is 0 Å². The van der Waals surface area contributed by atoms with Gasteiger partial charge in [0.15, 0.2) is 11.8 Å². The summed E-state index contributed by atoms with van der Waals surface area (Å²) in [7, 11) is 1.96. The second kappa shape index (κ2) is 12.4. The van der Waals surface area contributed by atoms with Gasteiger partial charge in [-0.2, -0.15) is 0 Å². The molecule has 0 saturated heterocycles. The molecule has 0 unspecified atom stereocenters. The summed E-state index contributed by atoms with van der Waals surface area (Å²) in [6.07, 6.45) is 5.95. The fraction of sp³-hybridized carbons (Fsp3) is 0.550. The van der Waals surface area contributed by atoms with Gasteiger partial charge in [0.25, 0.3) is 0 Å². The van der Waals surface area contributed by atoms with Gasteiger partial charge in [-0.1, -0.05) is 12.8 Å². The third kappa shape index (κ3) is 7.76. The third-order valence-electron chi connectivity index (χ3n) is 4.95. The van der Waals surface area contributed by atoms with Crippen LogP contribution in [0.2, 0.25) is 0 Å². The number of benzene rings is 1. The molecule has 0 amide bonds. The number of halogens is 2. The minimum Gasteiger partial charge on any atom is -0.356 e. The molecule has 0 bridgehead atoms. The average molecular weight is 532 g/mol. The van der Waals surface area contributed by atoms with Crippen molar-refractivity contribution in [3.05, 3.63) is 41.7 Å². The summed E-state index contributed by atoms with van der Waals surface area (Å²) in [5.74, 6) is 3.37. The van der Waals surface area contributed by atoms with Crippen LogP contribution in [0.5, 0.6) is 0 Å². The van der Waals surface area contributed by atoms with Crippen LogP contribution in [-0.4, -0.2) is 39.1 Å². The van der Waals surface area contributed by atoms with Gasteiger partial charge in [-0.15, -0.1) is 45.9 Å². The smallest absolute Gasteiger partial charge is 0.191 e. The zero-order valence-corrected chi connectivity index (χ0v) is 20.2. The Morgan fingerprint density at radius 3 is 2.62 bits per heavy atom. The molecular formula is C20H30FIN6S. The SMILES string of the molecule is Cc1nnc(CN=C(NCCCSc2ccc(F)cc2)NC2CCCC2)n1C.I. The highest BCUT2D eigenvalue weighted by atomic mass is 127. The molecule has 2 N–H and O–H groups in total. The topological polar surface area (TPSA) is 67.1 Å². The molecule has 0 atom stereocenters. The van der Waals surface area contributed by atoms with Gasteiger partial charge >= 0.3 is 0 Å². The summed E-state index contributed by atoms with van der Waals surface area (Å²) in [6.45, 7) is 3.28. The quantitative estimate of drug-likeness (QED) is 0.177. The molecule has 29 heavy (non-hydrogen) atoms. The van der Waals surface area contributed by atoms with E-state index >= 15 is 0 Å². The molecular weight excluding hydrogens is 502 g/mol. The summed E-state index contributed by atoms with van der Waals surface area (Å²) in [4.78, 5) is 5.81. The molecule has 0 aliphatic heterocycles.